The van der Waals surface area contributed by atoms with Crippen molar-refractivity contribution in [3.63, 3.8) is 0 Å². The Morgan fingerprint density at radius 1 is 1.36 bits per heavy atom. The van der Waals surface area contributed by atoms with Gasteiger partial charge in [-0.2, -0.15) is 0 Å². The number of nitrogens with one attached hydrogen (secondary N) is 1. The van der Waals surface area contributed by atoms with Gasteiger partial charge in [0, 0.05) is 11.9 Å². The van der Waals surface area contributed by atoms with Crippen LogP contribution in [0.25, 0.3) is 0 Å². The van der Waals surface area contributed by atoms with Crippen LogP contribution in [0.4, 0.5) is 8.78 Å². The van der Waals surface area contributed by atoms with Gasteiger partial charge in [-0.1, -0.05) is 13.3 Å². The van der Waals surface area contributed by atoms with E-state index in [9.17, 15) is 8.78 Å². The van der Waals surface area contributed by atoms with Crippen molar-refractivity contribution in [2.75, 3.05) is 13.1 Å². The summed E-state index contributed by atoms with van der Waals surface area (Å²) >= 11 is 5.76. The molecule has 0 bridgehead atoms. The van der Waals surface area contributed by atoms with Gasteiger partial charge < -0.3 is 5.32 Å². The second-order valence-electron chi connectivity index (χ2n) is 2.44. The lowest BCUT2D eigenvalue weighted by molar-refractivity contribution is 0.146. The highest BCUT2D eigenvalue weighted by Gasteiger charge is 2.04. The van der Waals surface area contributed by atoms with E-state index in [1.165, 1.54) is 0 Å². The number of hydrogen-bond donors (Lipinski definition) is 1. The summed E-state index contributed by atoms with van der Waals surface area (Å²) in [4.78, 5) is 0. The minimum absolute atomic E-state index is 0.0150. The molecule has 0 spiro atoms. The van der Waals surface area contributed by atoms with Gasteiger partial charge in [0.25, 0.3) is 6.43 Å². The van der Waals surface area contributed by atoms with Crippen molar-refractivity contribution in [1.29, 1.82) is 0 Å². The van der Waals surface area contributed by atoms with E-state index >= 15 is 0 Å². The van der Waals surface area contributed by atoms with Crippen LogP contribution in [0.15, 0.2) is 0 Å². The number of alkyl halides is 3. The molecule has 0 saturated carbocycles. The Balaban J connectivity index is 3.10. The molecule has 0 aliphatic carbocycles. The van der Waals surface area contributed by atoms with Crippen LogP contribution in [-0.4, -0.2) is 24.9 Å². The normalized spacial score (nSPS) is 13.9. The first-order valence-corrected chi connectivity index (χ1v) is 4.23. The van der Waals surface area contributed by atoms with E-state index in [0.29, 0.717) is 6.54 Å². The fourth-order valence-electron chi connectivity index (χ4n) is 0.764. The average Bonchev–Trinajstić information content (AvgIpc) is 1.87. The fourth-order valence-corrected chi connectivity index (χ4v) is 1.09. The van der Waals surface area contributed by atoms with Crippen molar-refractivity contribution >= 4 is 11.6 Å². The third-order valence-corrected chi connectivity index (χ3v) is 1.64. The molecule has 0 saturated heterocycles. The molecular formula is C7H14ClF2N. The summed E-state index contributed by atoms with van der Waals surface area (Å²) in [6.45, 7) is 2.23. The molecule has 0 aromatic carbocycles. The maximum absolute atomic E-state index is 11.6. The molecule has 0 radical (unpaired) electrons. The Morgan fingerprint density at radius 2 is 2.00 bits per heavy atom. The predicted octanol–water partition coefficient (Wildman–Crippen LogP) is 2.25. The van der Waals surface area contributed by atoms with Crippen molar-refractivity contribution in [2.24, 2.45) is 0 Å². The molecule has 0 aromatic heterocycles. The summed E-state index contributed by atoms with van der Waals surface area (Å²) in [6.07, 6.45) is -0.414. The highest BCUT2D eigenvalue weighted by molar-refractivity contribution is 6.20. The highest BCUT2D eigenvalue weighted by Crippen LogP contribution is 2.03. The largest absolute Gasteiger partial charge is 0.310 e. The lowest BCUT2D eigenvalue weighted by atomic mass is 10.2. The molecule has 0 rings (SSSR count). The Labute approximate surface area is 71.1 Å². The molecule has 0 fully saturated rings. The smallest absolute Gasteiger partial charge is 0.250 e. The van der Waals surface area contributed by atoms with E-state index in [1.54, 1.807) is 0 Å². The summed E-state index contributed by atoms with van der Waals surface area (Å²) < 4.78 is 23.1. The van der Waals surface area contributed by atoms with E-state index in [2.05, 4.69) is 5.32 Å². The molecule has 1 nitrogen and oxygen atoms in total. The first-order chi connectivity index (χ1) is 5.16. The highest BCUT2D eigenvalue weighted by atomic mass is 35.5. The summed E-state index contributed by atoms with van der Waals surface area (Å²) in [6, 6.07) is 0. The molecule has 0 aliphatic rings. The van der Waals surface area contributed by atoms with Crippen LogP contribution in [0, 0.1) is 0 Å². The summed E-state index contributed by atoms with van der Waals surface area (Å²) in [7, 11) is 0. The van der Waals surface area contributed by atoms with Gasteiger partial charge in [0.1, 0.15) is 0 Å². The van der Waals surface area contributed by atoms with Crippen molar-refractivity contribution < 1.29 is 8.78 Å². The number of halogens is 3. The van der Waals surface area contributed by atoms with Crippen LogP contribution < -0.4 is 5.32 Å². The quantitative estimate of drug-likeness (QED) is 0.626. The standard InChI is InChI=1S/C7H14ClF2N/c1-2-3-6(8)4-11-5-7(9)10/h6-7,11H,2-5H2,1H3. The van der Waals surface area contributed by atoms with Crippen LogP contribution in [0.1, 0.15) is 19.8 Å². The molecule has 0 aliphatic heterocycles. The molecule has 4 heteroatoms. The maximum atomic E-state index is 11.6. The zero-order chi connectivity index (χ0) is 8.69. The minimum Gasteiger partial charge on any atom is -0.310 e. The third-order valence-electron chi connectivity index (χ3n) is 1.27. The van der Waals surface area contributed by atoms with Crippen molar-refractivity contribution in [3.8, 4) is 0 Å². The Morgan fingerprint density at radius 3 is 2.45 bits per heavy atom. The Hall–Kier alpha value is 0.110. The SMILES string of the molecule is CCCC(Cl)CNCC(F)F. The van der Waals surface area contributed by atoms with Gasteiger partial charge in [-0.05, 0) is 6.42 Å². The van der Waals surface area contributed by atoms with Gasteiger partial charge in [-0.3, -0.25) is 0 Å². The molecule has 1 atom stereocenters. The monoisotopic (exact) mass is 185 g/mol. The first kappa shape index (κ1) is 11.1. The molecule has 0 amide bonds. The third kappa shape index (κ3) is 8.01. The summed E-state index contributed by atoms with van der Waals surface area (Å²) in [5.74, 6) is 0. The second-order valence-corrected chi connectivity index (χ2v) is 3.05. The van der Waals surface area contributed by atoms with Crippen molar-refractivity contribution in [3.05, 3.63) is 0 Å². The van der Waals surface area contributed by atoms with E-state index in [0.717, 1.165) is 12.8 Å². The number of hydrogen-bond acceptors (Lipinski definition) is 1. The zero-order valence-corrected chi connectivity index (χ0v) is 7.37. The number of rotatable bonds is 6. The molecule has 1 N–H and O–H groups in total. The minimum atomic E-state index is -2.28. The van der Waals surface area contributed by atoms with Gasteiger partial charge >= 0.3 is 0 Å². The fraction of sp³-hybridized carbons (Fsp3) is 1.00. The van der Waals surface area contributed by atoms with E-state index in [-0.39, 0.29) is 11.9 Å². The van der Waals surface area contributed by atoms with Crippen LogP contribution in [0.3, 0.4) is 0 Å². The lowest BCUT2D eigenvalue weighted by Gasteiger charge is -2.08. The molecule has 0 aromatic rings. The topological polar surface area (TPSA) is 12.0 Å². The first-order valence-electron chi connectivity index (χ1n) is 3.79. The van der Waals surface area contributed by atoms with Crippen LogP contribution >= 0.6 is 11.6 Å². The molecule has 11 heavy (non-hydrogen) atoms. The van der Waals surface area contributed by atoms with E-state index in [4.69, 9.17) is 11.6 Å². The van der Waals surface area contributed by atoms with Crippen molar-refractivity contribution in [1.82, 2.24) is 5.32 Å². The van der Waals surface area contributed by atoms with Crippen LogP contribution in [0.2, 0.25) is 0 Å². The van der Waals surface area contributed by atoms with E-state index < -0.39 is 6.43 Å². The van der Waals surface area contributed by atoms with Crippen LogP contribution in [-0.2, 0) is 0 Å². The lowest BCUT2D eigenvalue weighted by Crippen LogP contribution is -2.27. The summed E-state index contributed by atoms with van der Waals surface area (Å²) in [5.41, 5.74) is 0. The van der Waals surface area contributed by atoms with E-state index in [1.807, 2.05) is 6.92 Å². The zero-order valence-electron chi connectivity index (χ0n) is 6.62. The Bertz CT molecular complexity index is 90.5. The van der Waals surface area contributed by atoms with Gasteiger partial charge in [-0.15, -0.1) is 11.6 Å². The molecule has 68 valence electrons. The van der Waals surface area contributed by atoms with Gasteiger partial charge in [0.05, 0.1) is 6.54 Å². The van der Waals surface area contributed by atoms with Crippen LogP contribution in [0.5, 0.6) is 0 Å². The molecule has 0 heterocycles. The van der Waals surface area contributed by atoms with Gasteiger partial charge in [0.2, 0.25) is 0 Å². The maximum Gasteiger partial charge on any atom is 0.250 e. The Kier molecular flexibility index (Phi) is 6.87. The summed E-state index contributed by atoms with van der Waals surface area (Å²) in [5, 5.41) is 2.57. The van der Waals surface area contributed by atoms with Gasteiger partial charge in [0.15, 0.2) is 0 Å². The molecular weight excluding hydrogens is 172 g/mol. The predicted molar refractivity (Wildman–Crippen MR) is 43.4 cm³/mol. The second kappa shape index (κ2) is 6.80. The molecule has 1 unspecified atom stereocenters. The van der Waals surface area contributed by atoms with Gasteiger partial charge in [-0.25, -0.2) is 8.78 Å². The average molecular weight is 186 g/mol. The van der Waals surface area contributed by atoms with Crippen molar-refractivity contribution in [2.45, 2.75) is 31.6 Å².